The zero-order valence-corrected chi connectivity index (χ0v) is 9.33. The molecule has 0 radical (unpaired) electrons. The van der Waals surface area contributed by atoms with Gasteiger partial charge in [-0.1, -0.05) is 62.4 Å². The first-order valence-electron chi connectivity index (χ1n) is 5.62. The first-order valence-corrected chi connectivity index (χ1v) is 5.62. The monoisotopic (exact) mass is 196 g/mol. The highest BCUT2D eigenvalue weighted by atomic mass is 14.1. The summed E-state index contributed by atoms with van der Waals surface area (Å²) in [4.78, 5) is 0. The third-order valence-electron chi connectivity index (χ3n) is 2.68. The fourth-order valence-corrected chi connectivity index (χ4v) is 2.02. The lowest BCUT2D eigenvalue weighted by Crippen LogP contribution is -1.82. The lowest BCUT2D eigenvalue weighted by molar-refractivity contribution is 1.32. The van der Waals surface area contributed by atoms with Crippen LogP contribution in [0.2, 0.25) is 0 Å². The molecule has 0 aliphatic heterocycles. The molecule has 0 spiro atoms. The molecular formula is C15H16. The SMILES string of the molecule is C1=Cc2c(ccc3ccccc23)C1.CC. The fraction of sp³-hybridized carbons (Fsp3) is 0.200. The van der Waals surface area contributed by atoms with Gasteiger partial charge >= 0.3 is 0 Å². The van der Waals surface area contributed by atoms with Crippen LogP contribution in [-0.2, 0) is 6.42 Å². The van der Waals surface area contributed by atoms with Gasteiger partial charge in [0, 0.05) is 0 Å². The van der Waals surface area contributed by atoms with Crippen molar-refractivity contribution in [3.05, 3.63) is 53.6 Å². The number of benzene rings is 2. The minimum absolute atomic E-state index is 1.10. The molecule has 0 amide bonds. The topological polar surface area (TPSA) is 0 Å². The van der Waals surface area contributed by atoms with E-state index in [0.29, 0.717) is 0 Å². The Bertz CT molecular complexity index is 492. The minimum atomic E-state index is 1.10. The van der Waals surface area contributed by atoms with Gasteiger partial charge in [-0.15, -0.1) is 0 Å². The first kappa shape index (κ1) is 9.97. The van der Waals surface area contributed by atoms with Crippen LogP contribution >= 0.6 is 0 Å². The molecule has 0 saturated carbocycles. The summed E-state index contributed by atoms with van der Waals surface area (Å²) in [5, 5.41) is 2.72. The Hall–Kier alpha value is -1.56. The summed E-state index contributed by atoms with van der Waals surface area (Å²) in [6.45, 7) is 4.00. The minimum Gasteiger partial charge on any atom is -0.0795 e. The molecule has 2 aromatic carbocycles. The molecule has 1 aliphatic carbocycles. The van der Waals surface area contributed by atoms with Crippen LogP contribution in [0.15, 0.2) is 42.5 Å². The molecule has 0 bridgehead atoms. The molecule has 0 N–H and O–H groups in total. The van der Waals surface area contributed by atoms with Crippen LogP contribution in [0, 0.1) is 0 Å². The summed E-state index contributed by atoms with van der Waals surface area (Å²) in [7, 11) is 0. The van der Waals surface area contributed by atoms with E-state index in [2.05, 4.69) is 48.6 Å². The predicted molar refractivity (Wildman–Crippen MR) is 68.0 cm³/mol. The molecule has 0 nitrogen and oxygen atoms in total. The highest BCUT2D eigenvalue weighted by molar-refractivity contribution is 5.93. The summed E-state index contributed by atoms with van der Waals surface area (Å²) in [6, 6.07) is 13.0. The molecule has 3 rings (SSSR count). The van der Waals surface area contributed by atoms with Crippen LogP contribution in [-0.4, -0.2) is 0 Å². The van der Waals surface area contributed by atoms with Crippen LogP contribution in [0.5, 0.6) is 0 Å². The molecule has 76 valence electrons. The second kappa shape index (κ2) is 4.31. The lowest BCUT2D eigenvalue weighted by Gasteiger charge is -2.03. The second-order valence-electron chi connectivity index (χ2n) is 3.47. The van der Waals surface area contributed by atoms with E-state index in [1.165, 1.54) is 21.9 Å². The second-order valence-corrected chi connectivity index (χ2v) is 3.47. The van der Waals surface area contributed by atoms with Crippen molar-refractivity contribution in [2.45, 2.75) is 20.3 Å². The van der Waals surface area contributed by atoms with Gasteiger partial charge in [-0.2, -0.15) is 0 Å². The van der Waals surface area contributed by atoms with Gasteiger partial charge in [0.1, 0.15) is 0 Å². The molecule has 0 fully saturated rings. The summed E-state index contributed by atoms with van der Waals surface area (Å²) in [5.74, 6) is 0. The zero-order chi connectivity index (χ0) is 10.7. The van der Waals surface area contributed by atoms with Gasteiger partial charge in [-0.05, 0) is 28.3 Å². The molecule has 15 heavy (non-hydrogen) atoms. The first-order chi connectivity index (χ1) is 7.45. The molecule has 0 saturated heterocycles. The number of hydrogen-bond acceptors (Lipinski definition) is 0. The van der Waals surface area contributed by atoms with Gasteiger partial charge < -0.3 is 0 Å². The van der Waals surface area contributed by atoms with Gasteiger partial charge in [0.2, 0.25) is 0 Å². The van der Waals surface area contributed by atoms with E-state index < -0.39 is 0 Å². The summed E-state index contributed by atoms with van der Waals surface area (Å²) < 4.78 is 0. The Labute approximate surface area is 91.2 Å². The molecule has 0 heterocycles. The molecule has 1 aliphatic rings. The summed E-state index contributed by atoms with van der Waals surface area (Å²) >= 11 is 0. The number of fused-ring (bicyclic) bond motifs is 3. The standard InChI is InChI=1S/C13H10.C2H6/c1-2-6-12-10(4-1)8-9-11-5-3-7-13(11)12;1-2/h1-4,6-9H,5H2;1-2H3. The maximum absolute atomic E-state index is 2.23. The maximum atomic E-state index is 2.23. The molecule has 0 heteroatoms. The third-order valence-corrected chi connectivity index (χ3v) is 2.68. The summed E-state index contributed by atoms with van der Waals surface area (Å²) in [5.41, 5.74) is 2.87. The van der Waals surface area contributed by atoms with Gasteiger partial charge in [-0.3, -0.25) is 0 Å². The normalized spacial score (nSPS) is 12.1. The quantitative estimate of drug-likeness (QED) is 0.584. The van der Waals surface area contributed by atoms with E-state index in [-0.39, 0.29) is 0 Å². The fourth-order valence-electron chi connectivity index (χ4n) is 2.02. The molecule has 0 atom stereocenters. The van der Waals surface area contributed by atoms with Crippen molar-refractivity contribution >= 4 is 16.8 Å². The van der Waals surface area contributed by atoms with E-state index in [0.717, 1.165) is 6.42 Å². The zero-order valence-electron chi connectivity index (χ0n) is 9.33. The molecular weight excluding hydrogens is 180 g/mol. The highest BCUT2D eigenvalue weighted by Crippen LogP contribution is 2.27. The van der Waals surface area contributed by atoms with Crippen LogP contribution in [0.1, 0.15) is 25.0 Å². The Morgan fingerprint density at radius 2 is 1.73 bits per heavy atom. The predicted octanol–water partition coefficient (Wildman–Crippen LogP) is 4.44. The molecule has 0 aromatic heterocycles. The van der Waals surface area contributed by atoms with Gasteiger partial charge in [0.05, 0.1) is 0 Å². The largest absolute Gasteiger partial charge is 0.0795 e. The Morgan fingerprint density at radius 1 is 0.933 bits per heavy atom. The Kier molecular flexibility index (Phi) is 2.86. The van der Waals surface area contributed by atoms with E-state index >= 15 is 0 Å². The number of hydrogen-bond donors (Lipinski definition) is 0. The Morgan fingerprint density at radius 3 is 2.60 bits per heavy atom. The van der Waals surface area contributed by atoms with Crippen molar-refractivity contribution in [2.75, 3.05) is 0 Å². The third kappa shape index (κ3) is 1.68. The average molecular weight is 196 g/mol. The van der Waals surface area contributed by atoms with Crippen LogP contribution in [0.3, 0.4) is 0 Å². The van der Waals surface area contributed by atoms with E-state index in [9.17, 15) is 0 Å². The molecule has 0 unspecified atom stereocenters. The van der Waals surface area contributed by atoms with Crippen molar-refractivity contribution < 1.29 is 0 Å². The average Bonchev–Trinajstić information content (AvgIpc) is 2.80. The van der Waals surface area contributed by atoms with Crippen molar-refractivity contribution in [1.82, 2.24) is 0 Å². The number of rotatable bonds is 0. The van der Waals surface area contributed by atoms with Gasteiger partial charge in [0.25, 0.3) is 0 Å². The van der Waals surface area contributed by atoms with E-state index in [1.807, 2.05) is 13.8 Å². The van der Waals surface area contributed by atoms with Gasteiger partial charge in [-0.25, -0.2) is 0 Å². The van der Waals surface area contributed by atoms with E-state index in [1.54, 1.807) is 0 Å². The maximum Gasteiger partial charge on any atom is -0.00879 e. The molecule has 2 aromatic rings. The van der Waals surface area contributed by atoms with Crippen LogP contribution in [0.25, 0.3) is 16.8 Å². The van der Waals surface area contributed by atoms with Crippen molar-refractivity contribution in [1.29, 1.82) is 0 Å². The van der Waals surface area contributed by atoms with Crippen LogP contribution < -0.4 is 0 Å². The Balaban J connectivity index is 0.000000404. The highest BCUT2D eigenvalue weighted by Gasteiger charge is 2.07. The van der Waals surface area contributed by atoms with Crippen LogP contribution in [0.4, 0.5) is 0 Å². The van der Waals surface area contributed by atoms with E-state index in [4.69, 9.17) is 0 Å². The van der Waals surface area contributed by atoms with Gasteiger partial charge in [0.15, 0.2) is 0 Å². The van der Waals surface area contributed by atoms with Crippen molar-refractivity contribution in [3.63, 3.8) is 0 Å². The van der Waals surface area contributed by atoms with Crippen molar-refractivity contribution in [3.8, 4) is 0 Å². The van der Waals surface area contributed by atoms with Crippen molar-refractivity contribution in [2.24, 2.45) is 0 Å². The number of allylic oxidation sites excluding steroid dienone is 1. The lowest BCUT2D eigenvalue weighted by atomic mass is 10.0. The summed E-state index contributed by atoms with van der Waals surface area (Å²) in [6.07, 6.45) is 5.56. The smallest absolute Gasteiger partial charge is 0.00879 e.